The molecule has 3 heterocycles. The fourth-order valence-electron chi connectivity index (χ4n) is 4.06. The minimum absolute atomic E-state index is 0.114. The third kappa shape index (κ3) is 3.31. The smallest absolute Gasteiger partial charge is 0.350 e. The molecular formula is C22H23N5O2S. The topological polar surface area (TPSA) is 81.3 Å². The van der Waals surface area contributed by atoms with Gasteiger partial charge in [-0.25, -0.2) is 18.9 Å². The van der Waals surface area contributed by atoms with Crippen molar-refractivity contribution in [2.24, 2.45) is 5.92 Å². The van der Waals surface area contributed by atoms with E-state index in [0.29, 0.717) is 18.1 Å². The zero-order valence-corrected chi connectivity index (χ0v) is 17.8. The maximum absolute atomic E-state index is 12.8. The Bertz CT molecular complexity index is 1320. The highest BCUT2D eigenvalue weighted by Gasteiger charge is 2.24. The average molecular weight is 422 g/mol. The van der Waals surface area contributed by atoms with Gasteiger partial charge in [-0.05, 0) is 43.2 Å². The van der Waals surface area contributed by atoms with Crippen molar-refractivity contribution >= 4 is 33.1 Å². The molecule has 0 spiro atoms. The highest BCUT2D eigenvalue weighted by Crippen LogP contribution is 2.38. The number of aryl methyl sites for hydroxylation is 2. The van der Waals surface area contributed by atoms with Crippen LogP contribution in [0.5, 0.6) is 0 Å². The molecule has 8 heteroatoms. The molecule has 1 aliphatic rings. The summed E-state index contributed by atoms with van der Waals surface area (Å²) in [6, 6.07) is 7.98. The fourth-order valence-corrected chi connectivity index (χ4v) is 5.41. The molecule has 30 heavy (non-hydrogen) atoms. The average Bonchev–Trinajstić information content (AvgIpc) is 3.24. The molecule has 0 radical (unpaired) electrons. The van der Waals surface area contributed by atoms with Gasteiger partial charge in [-0.15, -0.1) is 16.4 Å². The van der Waals surface area contributed by atoms with E-state index in [-0.39, 0.29) is 18.1 Å². The lowest BCUT2D eigenvalue weighted by Gasteiger charge is -2.17. The van der Waals surface area contributed by atoms with Crippen LogP contribution in [0.15, 0.2) is 35.4 Å². The molecule has 0 saturated heterocycles. The van der Waals surface area contributed by atoms with Crippen LogP contribution in [0, 0.1) is 12.8 Å². The molecule has 3 aromatic heterocycles. The number of nitrogens with zero attached hydrogens (tertiary/aromatic N) is 4. The van der Waals surface area contributed by atoms with E-state index in [4.69, 9.17) is 0 Å². The fraction of sp³-hybridized carbons (Fsp3) is 0.364. The summed E-state index contributed by atoms with van der Waals surface area (Å²) >= 11 is 1.70. The number of aromatic nitrogens is 4. The monoisotopic (exact) mass is 421 g/mol. The van der Waals surface area contributed by atoms with E-state index in [1.54, 1.807) is 11.3 Å². The first kappa shape index (κ1) is 19.0. The van der Waals surface area contributed by atoms with Crippen LogP contribution in [0.4, 0.5) is 0 Å². The van der Waals surface area contributed by atoms with Crippen molar-refractivity contribution < 1.29 is 4.79 Å². The lowest BCUT2D eigenvalue weighted by Crippen LogP contribution is -2.32. The Labute approximate surface area is 177 Å². The van der Waals surface area contributed by atoms with Crippen LogP contribution in [0.25, 0.3) is 15.9 Å². The van der Waals surface area contributed by atoms with Gasteiger partial charge in [0, 0.05) is 11.4 Å². The Hall–Kier alpha value is -3.00. The first-order chi connectivity index (χ1) is 14.5. The van der Waals surface area contributed by atoms with E-state index in [9.17, 15) is 9.59 Å². The van der Waals surface area contributed by atoms with Crippen molar-refractivity contribution in [1.29, 1.82) is 0 Å². The molecule has 1 N–H and O–H groups in total. The number of thiophene rings is 1. The van der Waals surface area contributed by atoms with E-state index < -0.39 is 0 Å². The van der Waals surface area contributed by atoms with Crippen LogP contribution in [-0.4, -0.2) is 25.1 Å². The van der Waals surface area contributed by atoms with E-state index in [2.05, 4.69) is 22.3 Å². The Morgan fingerprint density at radius 2 is 2.10 bits per heavy atom. The van der Waals surface area contributed by atoms with Gasteiger partial charge in [0.05, 0.1) is 5.39 Å². The van der Waals surface area contributed by atoms with Crippen LogP contribution >= 0.6 is 11.3 Å². The normalized spacial score (nSPS) is 16.1. The molecule has 1 aliphatic carbocycles. The van der Waals surface area contributed by atoms with Gasteiger partial charge in [0.2, 0.25) is 5.91 Å². The van der Waals surface area contributed by atoms with Crippen molar-refractivity contribution in [3.8, 4) is 0 Å². The summed E-state index contributed by atoms with van der Waals surface area (Å²) in [5, 5.41) is 8.36. The summed E-state index contributed by atoms with van der Waals surface area (Å²) in [7, 11) is 0. The van der Waals surface area contributed by atoms with Crippen LogP contribution in [0.1, 0.15) is 34.9 Å². The van der Waals surface area contributed by atoms with Crippen molar-refractivity contribution in [2.45, 2.75) is 46.2 Å². The Morgan fingerprint density at radius 1 is 1.30 bits per heavy atom. The lowest BCUT2D eigenvalue weighted by molar-refractivity contribution is -0.122. The van der Waals surface area contributed by atoms with Gasteiger partial charge >= 0.3 is 5.69 Å². The molecule has 1 atom stereocenters. The number of carbonyl (C=O) groups is 1. The Morgan fingerprint density at radius 3 is 2.90 bits per heavy atom. The predicted molar refractivity (Wildman–Crippen MR) is 117 cm³/mol. The molecule has 0 unspecified atom stereocenters. The highest BCUT2D eigenvalue weighted by molar-refractivity contribution is 7.19. The minimum atomic E-state index is -0.339. The van der Waals surface area contributed by atoms with Crippen LogP contribution < -0.4 is 11.0 Å². The summed E-state index contributed by atoms with van der Waals surface area (Å²) in [6.07, 6.45) is 4.69. The number of carbonyl (C=O) groups excluding carboxylic acids is 1. The number of benzene rings is 1. The number of amides is 1. The number of rotatable bonds is 4. The maximum atomic E-state index is 12.8. The highest BCUT2D eigenvalue weighted by atomic mass is 32.1. The molecule has 5 rings (SSSR count). The third-order valence-corrected chi connectivity index (χ3v) is 6.94. The first-order valence-electron chi connectivity index (χ1n) is 10.2. The van der Waals surface area contributed by atoms with E-state index in [1.807, 2.05) is 31.2 Å². The van der Waals surface area contributed by atoms with Gasteiger partial charge in [-0.2, -0.15) is 0 Å². The van der Waals surface area contributed by atoms with Crippen molar-refractivity contribution in [2.75, 3.05) is 0 Å². The number of nitrogens with one attached hydrogen (secondary N) is 1. The van der Waals surface area contributed by atoms with E-state index in [0.717, 1.165) is 35.0 Å². The summed E-state index contributed by atoms with van der Waals surface area (Å²) in [5.74, 6) is 0.421. The molecule has 7 nitrogen and oxygen atoms in total. The van der Waals surface area contributed by atoms with Gasteiger partial charge in [0.1, 0.15) is 17.7 Å². The van der Waals surface area contributed by atoms with Crippen LogP contribution in [-0.2, 0) is 30.7 Å². The zero-order chi connectivity index (χ0) is 20.8. The Kier molecular flexibility index (Phi) is 4.66. The number of hydrogen-bond acceptors (Lipinski definition) is 5. The quantitative estimate of drug-likeness (QED) is 0.549. The molecule has 0 saturated carbocycles. The van der Waals surface area contributed by atoms with Gasteiger partial charge in [0.25, 0.3) is 0 Å². The largest absolute Gasteiger partial charge is 0.352 e. The zero-order valence-electron chi connectivity index (χ0n) is 17.0. The second-order valence-electron chi connectivity index (χ2n) is 8.17. The number of hydrogen-bond donors (Lipinski definition) is 1. The van der Waals surface area contributed by atoms with Crippen molar-refractivity contribution in [3.63, 3.8) is 0 Å². The molecule has 0 aliphatic heterocycles. The van der Waals surface area contributed by atoms with Crippen molar-refractivity contribution in [1.82, 2.24) is 24.5 Å². The SMILES string of the molecule is Cc1ccc(CNC(=O)Cn2nc3c4c5c(sc4ncn3c2=O)C[C@H](C)CC5)cc1. The van der Waals surface area contributed by atoms with Gasteiger partial charge in [-0.3, -0.25) is 4.79 Å². The van der Waals surface area contributed by atoms with Crippen molar-refractivity contribution in [3.05, 3.63) is 62.6 Å². The second kappa shape index (κ2) is 7.36. The molecule has 1 amide bonds. The van der Waals surface area contributed by atoms with Gasteiger partial charge in [-0.1, -0.05) is 36.8 Å². The molecule has 4 aromatic rings. The first-order valence-corrected chi connectivity index (χ1v) is 11.0. The molecule has 1 aromatic carbocycles. The minimum Gasteiger partial charge on any atom is -0.350 e. The van der Waals surface area contributed by atoms with E-state index >= 15 is 0 Å². The number of fused-ring (bicyclic) bond motifs is 5. The molecule has 154 valence electrons. The van der Waals surface area contributed by atoms with E-state index in [1.165, 1.54) is 31.4 Å². The summed E-state index contributed by atoms with van der Waals surface area (Å²) in [4.78, 5) is 32.0. The second-order valence-corrected chi connectivity index (χ2v) is 9.26. The summed E-state index contributed by atoms with van der Waals surface area (Å²) < 4.78 is 2.69. The van der Waals surface area contributed by atoms with Crippen LogP contribution in [0.3, 0.4) is 0 Å². The van der Waals surface area contributed by atoms with Crippen LogP contribution in [0.2, 0.25) is 0 Å². The predicted octanol–water partition coefficient (Wildman–Crippen LogP) is 2.86. The standard InChI is InChI=1S/C22H23N5O2S/c1-13-3-6-15(7-4-13)10-23-18(28)11-27-22(29)26-12-24-21-19(20(26)25-27)16-8-5-14(2)9-17(16)30-21/h3-4,6-7,12,14H,5,8-11H2,1-2H3,(H,23,28)/t14-/m1/s1. The van der Waals surface area contributed by atoms with Gasteiger partial charge in [0.15, 0.2) is 5.65 Å². The third-order valence-electron chi connectivity index (χ3n) is 5.78. The maximum Gasteiger partial charge on any atom is 0.352 e. The lowest BCUT2D eigenvalue weighted by atomic mass is 9.89. The summed E-state index contributed by atoms with van der Waals surface area (Å²) in [6.45, 7) is 4.60. The molecular weight excluding hydrogens is 398 g/mol. The Balaban J connectivity index is 1.43. The molecule has 0 bridgehead atoms. The molecule has 0 fully saturated rings. The van der Waals surface area contributed by atoms with Gasteiger partial charge < -0.3 is 5.32 Å². The summed E-state index contributed by atoms with van der Waals surface area (Å²) in [5.41, 5.74) is 3.72.